The van der Waals surface area contributed by atoms with Gasteiger partial charge in [0, 0.05) is 32.7 Å². The minimum absolute atomic E-state index is 0. The van der Waals surface area contributed by atoms with Gasteiger partial charge in [0.25, 0.3) is 0 Å². The van der Waals surface area contributed by atoms with Gasteiger partial charge in [0.2, 0.25) is 0 Å². The van der Waals surface area contributed by atoms with E-state index < -0.39 is 0 Å². The molecule has 0 radical (unpaired) electrons. The topological polar surface area (TPSA) is 45.5 Å². The number of likely N-dealkylation sites (tertiary alicyclic amines) is 1. The fourth-order valence-corrected chi connectivity index (χ4v) is 3.33. The van der Waals surface area contributed by atoms with Crippen molar-refractivity contribution >= 4 is 41.0 Å². The highest BCUT2D eigenvalue weighted by atomic mass is 127. The third-order valence-electron chi connectivity index (χ3n) is 4.66. The molecule has 5 nitrogen and oxygen atoms in total. The summed E-state index contributed by atoms with van der Waals surface area (Å²) in [4.78, 5) is 11.7. The van der Waals surface area contributed by atoms with Gasteiger partial charge in [0.05, 0.1) is 17.4 Å². The van der Waals surface area contributed by atoms with Crippen LogP contribution >= 0.6 is 24.0 Å². The van der Waals surface area contributed by atoms with Crippen LogP contribution in [-0.4, -0.2) is 46.6 Å². The van der Waals surface area contributed by atoms with Crippen LogP contribution < -0.4 is 5.32 Å². The lowest BCUT2D eigenvalue weighted by Crippen LogP contribution is -2.40. The minimum Gasteiger partial charge on any atom is -0.357 e. The molecule has 0 unspecified atom stereocenters. The van der Waals surface area contributed by atoms with E-state index in [9.17, 15) is 0 Å². The molecule has 0 aliphatic carbocycles. The first-order valence-corrected chi connectivity index (χ1v) is 9.02. The number of para-hydroxylation sites is 2. The van der Waals surface area contributed by atoms with Crippen molar-refractivity contribution in [2.24, 2.45) is 10.4 Å². The van der Waals surface area contributed by atoms with Gasteiger partial charge in [0.15, 0.2) is 5.96 Å². The zero-order valence-electron chi connectivity index (χ0n) is 15.5. The maximum atomic E-state index is 4.84. The van der Waals surface area contributed by atoms with Gasteiger partial charge in [-0.15, -0.1) is 24.0 Å². The molecule has 0 atom stereocenters. The van der Waals surface area contributed by atoms with Gasteiger partial charge >= 0.3 is 0 Å². The van der Waals surface area contributed by atoms with Crippen molar-refractivity contribution in [1.82, 2.24) is 19.8 Å². The fraction of sp³-hybridized carbons (Fsp3) is 0.579. The molecule has 1 N–H and O–H groups in total. The predicted octanol–water partition coefficient (Wildman–Crippen LogP) is 3.74. The molecule has 1 saturated heterocycles. The molecule has 2 aromatic rings. The van der Waals surface area contributed by atoms with Crippen LogP contribution in [0.15, 0.2) is 35.6 Å². The van der Waals surface area contributed by atoms with Crippen molar-refractivity contribution in [3.63, 3.8) is 0 Å². The Morgan fingerprint density at radius 3 is 2.84 bits per heavy atom. The van der Waals surface area contributed by atoms with Crippen LogP contribution in [0.25, 0.3) is 11.0 Å². The molecular formula is C19H30IN5. The summed E-state index contributed by atoms with van der Waals surface area (Å²) in [5.41, 5.74) is 2.66. The van der Waals surface area contributed by atoms with Gasteiger partial charge in [-0.05, 0) is 37.3 Å². The molecule has 1 aliphatic heterocycles. The van der Waals surface area contributed by atoms with E-state index in [4.69, 9.17) is 4.99 Å². The van der Waals surface area contributed by atoms with Crippen LogP contribution in [0.1, 0.15) is 33.6 Å². The van der Waals surface area contributed by atoms with E-state index >= 15 is 0 Å². The molecule has 1 aromatic carbocycles. The second kappa shape index (κ2) is 8.87. The number of guanidine groups is 1. The maximum Gasteiger partial charge on any atom is 0.193 e. The summed E-state index contributed by atoms with van der Waals surface area (Å²) in [7, 11) is 0. The number of hydrogen-bond donors (Lipinski definition) is 1. The third-order valence-corrected chi connectivity index (χ3v) is 4.66. The molecule has 138 valence electrons. The van der Waals surface area contributed by atoms with Crippen LogP contribution in [0.5, 0.6) is 0 Å². The van der Waals surface area contributed by atoms with Crippen LogP contribution in [-0.2, 0) is 6.54 Å². The Balaban J connectivity index is 0.00000225. The summed E-state index contributed by atoms with van der Waals surface area (Å²) in [5.74, 6) is 1.07. The number of benzene rings is 1. The second-order valence-corrected chi connectivity index (χ2v) is 7.35. The molecule has 6 heteroatoms. The van der Waals surface area contributed by atoms with E-state index in [0.717, 1.165) is 50.6 Å². The van der Waals surface area contributed by atoms with Crippen LogP contribution in [0.2, 0.25) is 0 Å². The smallest absolute Gasteiger partial charge is 0.193 e. The second-order valence-electron chi connectivity index (χ2n) is 7.35. The Hall–Kier alpha value is -1.31. The number of aryl methyl sites for hydroxylation is 1. The summed E-state index contributed by atoms with van der Waals surface area (Å²) in [6.07, 6.45) is 4.19. The highest BCUT2D eigenvalue weighted by molar-refractivity contribution is 14.0. The number of hydrogen-bond acceptors (Lipinski definition) is 2. The van der Waals surface area contributed by atoms with Crippen molar-refractivity contribution in [2.45, 2.75) is 40.2 Å². The van der Waals surface area contributed by atoms with Crippen LogP contribution in [0, 0.1) is 5.41 Å². The Bertz CT molecular complexity index is 707. The number of nitrogens with one attached hydrogen (secondary N) is 1. The predicted molar refractivity (Wildman–Crippen MR) is 116 cm³/mol. The zero-order chi connectivity index (χ0) is 17.0. The fourth-order valence-electron chi connectivity index (χ4n) is 3.33. The van der Waals surface area contributed by atoms with Crippen LogP contribution in [0.4, 0.5) is 0 Å². The first-order valence-electron chi connectivity index (χ1n) is 9.02. The third kappa shape index (κ3) is 5.09. The molecule has 1 aliphatic rings. The number of fused-ring (bicyclic) bond motifs is 1. The molecule has 0 spiro atoms. The van der Waals surface area contributed by atoms with Crippen molar-refractivity contribution < 1.29 is 0 Å². The monoisotopic (exact) mass is 455 g/mol. The average Bonchev–Trinajstić information content (AvgIpc) is 3.14. The molecule has 0 bridgehead atoms. The summed E-state index contributed by atoms with van der Waals surface area (Å²) in [5, 5.41) is 3.44. The normalized spacial score (nSPS) is 16.9. The summed E-state index contributed by atoms with van der Waals surface area (Å²) in [6, 6.07) is 8.28. The molecule has 0 saturated carbocycles. The van der Waals surface area contributed by atoms with Crippen molar-refractivity contribution in [2.75, 3.05) is 26.2 Å². The van der Waals surface area contributed by atoms with Gasteiger partial charge in [-0.2, -0.15) is 0 Å². The van der Waals surface area contributed by atoms with E-state index in [1.54, 1.807) is 0 Å². The van der Waals surface area contributed by atoms with E-state index in [2.05, 4.69) is 58.7 Å². The standard InChI is InChI=1S/C19H29N5.HI/c1-4-20-18(23-13-10-19(2,3)14-23)21-11-7-12-24-15-22-16-8-5-6-9-17(16)24;/h5-6,8-9,15H,4,7,10-14H2,1-3H3,(H,20,21);1H. The first-order chi connectivity index (χ1) is 11.6. The Labute approximate surface area is 167 Å². The number of rotatable bonds is 5. The number of nitrogens with zero attached hydrogens (tertiary/aromatic N) is 4. The Kier molecular flexibility index (Phi) is 7.10. The Morgan fingerprint density at radius 1 is 1.32 bits per heavy atom. The molecule has 0 amide bonds. The van der Waals surface area contributed by atoms with Gasteiger partial charge in [0.1, 0.15) is 0 Å². The van der Waals surface area contributed by atoms with E-state index in [1.807, 2.05) is 12.4 Å². The van der Waals surface area contributed by atoms with E-state index in [0.29, 0.717) is 5.41 Å². The molecule has 25 heavy (non-hydrogen) atoms. The largest absolute Gasteiger partial charge is 0.357 e. The quantitative estimate of drug-likeness (QED) is 0.324. The number of aromatic nitrogens is 2. The number of aliphatic imine (C=N–C) groups is 1. The minimum atomic E-state index is 0. The highest BCUT2D eigenvalue weighted by Crippen LogP contribution is 2.28. The zero-order valence-corrected chi connectivity index (χ0v) is 17.9. The molecule has 1 aromatic heterocycles. The number of imidazole rings is 1. The molecular weight excluding hydrogens is 425 g/mol. The molecule has 3 rings (SSSR count). The van der Waals surface area contributed by atoms with Crippen molar-refractivity contribution in [3.8, 4) is 0 Å². The Morgan fingerprint density at radius 2 is 2.12 bits per heavy atom. The summed E-state index contributed by atoms with van der Waals surface area (Å²) >= 11 is 0. The lowest BCUT2D eigenvalue weighted by Gasteiger charge is -2.23. The lowest BCUT2D eigenvalue weighted by molar-refractivity contribution is 0.370. The van der Waals surface area contributed by atoms with Crippen molar-refractivity contribution in [3.05, 3.63) is 30.6 Å². The first kappa shape index (κ1) is 20.0. The van der Waals surface area contributed by atoms with Gasteiger partial charge in [-0.1, -0.05) is 26.0 Å². The summed E-state index contributed by atoms with van der Waals surface area (Å²) < 4.78 is 2.22. The van der Waals surface area contributed by atoms with Gasteiger partial charge < -0.3 is 14.8 Å². The van der Waals surface area contributed by atoms with E-state index in [1.165, 1.54) is 11.9 Å². The maximum absolute atomic E-state index is 4.84. The average molecular weight is 455 g/mol. The van der Waals surface area contributed by atoms with Gasteiger partial charge in [-0.3, -0.25) is 4.99 Å². The summed E-state index contributed by atoms with van der Waals surface area (Å²) in [6.45, 7) is 11.7. The highest BCUT2D eigenvalue weighted by Gasteiger charge is 2.30. The number of halogens is 1. The van der Waals surface area contributed by atoms with Crippen molar-refractivity contribution in [1.29, 1.82) is 0 Å². The SMILES string of the molecule is CCNC(=NCCCn1cnc2ccccc21)N1CCC(C)(C)C1.I. The van der Waals surface area contributed by atoms with Crippen LogP contribution in [0.3, 0.4) is 0 Å². The van der Waals surface area contributed by atoms with Gasteiger partial charge in [-0.25, -0.2) is 4.98 Å². The molecule has 2 heterocycles. The lowest BCUT2D eigenvalue weighted by atomic mass is 9.93. The molecule has 1 fully saturated rings. The van der Waals surface area contributed by atoms with E-state index in [-0.39, 0.29) is 24.0 Å².